The summed E-state index contributed by atoms with van der Waals surface area (Å²) in [5, 5.41) is 2.69. The Morgan fingerprint density at radius 2 is 1.45 bits per heavy atom. The van der Waals surface area contributed by atoms with Gasteiger partial charge in [0.05, 0.1) is 33.3 Å². The molecule has 0 amide bonds. The lowest BCUT2D eigenvalue weighted by Crippen LogP contribution is -2.51. The number of hydrogen-bond acceptors (Lipinski definition) is 4. The highest BCUT2D eigenvalue weighted by molar-refractivity contribution is 14.1. The summed E-state index contributed by atoms with van der Waals surface area (Å²) >= 11 is 2.38. The van der Waals surface area contributed by atoms with Crippen molar-refractivity contribution in [1.82, 2.24) is 4.57 Å². The van der Waals surface area contributed by atoms with E-state index in [1.165, 1.54) is 0 Å². The summed E-state index contributed by atoms with van der Waals surface area (Å²) < 4.78 is 19.2. The van der Waals surface area contributed by atoms with Crippen molar-refractivity contribution < 1.29 is 14.2 Å². The summed E-state index contributed by atoms with van der Waals surface area (Å²) in [5.74, 6) is 1.99. The predicted molar refractivity (Wildman–Crippen MR) is 129 cm³/mol. The van der Waals surface area contributed by atoms with Crippen molar-refractivity contribution >= 4 is 46.8 Å². The molecular weight excluding hydrogens is 497 g/mol. The van der Waals surface area contributed by atoms with Gasteiger partial charge in [-0.15, -0.1) is 0 Å². The molecule has 0 radical (unpaired) electrons. The van der Waals surface area contributed by atoms with Gasteiger partial charge in [-0.05, 0) is 52.4 Å². The van der Waals surface area contributed by atoms with E-state index in [-0.39, 0.29) is 5.56 Å². The van der Waals surface area contributed by atoms with E-state index < -0.39 is 8.07 Å². The Morgan fingerprint density at radius 3 is 1.93 bits per heavy atom. The zero-order chi connectivity index (χ0) is 21.3. The van der Waals surface area contributed by atoms with E-state index in [0.29, 0.717) is 23.4 Å². The van der Waals surface area contributed by atoms with Crippen LogP contribution in [-0.2, 0) is 6.54 Å². The van der Waals surface area contributed by atoms with Gasteiger partial charge < -0.3 is 18.8 Å². The molecule has 7 heteroatoms. The van der Waals surface area contributed by atoms with Crippen LogP contribution >= 0.6 is 22.6 Å². The second-order valence-electron chi connectivity index (χ2n) is 7.90. The molecule has 0 N–H and O–H groups in total. The molecule has 0 aliphatic heterocycles. The summed E-state index contributed by atoms with van der Waals surface area (Å²) in [5.41, 5.74) is 1.05. The molecule has 0 spiro atoms. The van der Waals surface area contributed by atoms with Crippen LogP contribution in [0.15, 0.2) is 41.2 Å². The molecule has 5 nitrogen and oxygen atoms in total. The lowest BCUT2D eigenvalue weighted by atomic mass is 10.1. The van der Waals surface area contributed by atoms with E-state index in [4.69, 9.17) is 14.2 Å². The largest absolute Gasteiger partial charge is 0.497 e. The first-order valence-electron chi connectivity index (χ1n) is 9.32. The molecule has 1 aromatic heterocycles. The van der Waals surface area contributed by atoms with E-state index in [1.54, 1.807) is 27.4 Å². The molecule has 0 unspecified atom stereocenters. The Balaban J connectivity index is 2.31. The van der Waals surface area contributed by atoms with Crippen LogP contribution in [0.3, 0.4) is 0 Å². The minimum Gasteiger partial charge on any atom is -0.497 e. The van der Waals surface area contributed by atoms with Crippen molar-refractivity contribution in [3.63, 3.8) is 0 Å². The second kappa shape index (κ2) is 8.39. The number of rotatable bonds is 6. The van der Waals surface area contributed by atoms with Crippen LogP contribution < -0.4 is 25.1 Å². The Morgan fingerprint density at radius 1 is 0.897 bits per heavy atom. The molecule has 0 aliphatic carbocycles. The second-order valence-corrected chi connectivity index (χ2v) is 14.0. The lowest BCUT2D eigenvalue weighted by Gasteiger charge is -2.26. The molecule has 0 bridgehead atoms. The maximum absolute atomic E-state index is 13.6. The van der Waals surface area contributed by atoms with Gasteiger partial charge in [-0.25, -0.2) is 0 Å². The molecule has 2 aromatic carbocycles. The fourth-order valence-electron chi connectivity index (χ4n) is 3.53. The number of aromatic nitrogens is 1. The minimum atomic E-state index is -1.83. The number of benzene rings is 2. The normalized spacial score (nSPS) is 11.6. The van der Waals surface area contributed by atoms with Gasteiger partial charge in [0.1, 0.15) is 13.8 Å². The van der Waals surface area contributed by atoms with E-state index in [2.05, 4.69) is 42.2 Å². The number of methoxy groups -OCH3 is 3. The van der Waals surface area contributed by atoms with E-state index in [1.807, 2.05) is 34.9 Å². The van der Waals surface area contributed by atoms with Gasteiger partial charge in [0.15, 0.2) is 11.5 Å². The van der Waals surface area contributed by atoms with Crippen LogP contribution in [0.25, 0.3) is 10.8 Å². The fourth-order valence-corrected chi connectivity index (χ4v) is 8.48. The van der Waals surface area contributed by atoms with E-state index in [9.17, 15) is 4.79 Å². The van der Waals surface area contributed by atoms with Crippen molar-refractivity contribution in [3.05, 3.63) is 55.9 Å². The van der Waals surface area contributed by atoms with Crippen LogP contribution in [0.4, 0.5) is 0 Å². The van der Waals surface area contributed by atoms with E-state index >= 15 is 0 Å². The van der Waals surface area contributed by atoms with E-state index in [0.717, 1.165) is 25.6 Å². The van der Waals surface area contributed by atoms with Crippen molar-refractivity contribution in [2.75, 3.05) is 21.3 Å². The molecule has 154 valence electrons. The Bertz CT molecular complexity index is 1100. The van der Waals surface area contributed by atoms with Gasteiger partial charge in [0, 0.05) is 14.3 Å². The molecule has 3 aromatic rings. The maximum atomic E-state index is 13.6. The number of ether oxygens (including phenoxy) is 3. The highest BCUT2D eigenvalue weighted by Gasteiger charge is 2.27. The third kappa shape index (κ3) is 4.16. The van der Waals surface area contributed by atoms with Crippen molar-refractivity contribution in [1.29, 1.82) is 0 Å². The topological polar surface area (TPSA) is 49.7 Å². The molecule has 0 saturated carbocycles. The van der Waals surface area contributed by atoms with Gasteiger partial charge in [-0.2, -0.15) is 0 Å². The summed E-state index contributed by atoms with van der Waals surface area (Å²) in [4.78, 5) is 13.6. The monoisotopic (exact) mass is 523 g/mol. The van der Waals surface area contributed by atoms with Crippen molar-refractivity contribution in [2.45, 2.75) is 26.2 Å². The first kappa shape index (κ1) is 21.7. The Hall–Kier alpha value is -2.00. The highest BCUT2D eigenvalue weighted by atomic mass is 127. The molecular formula is C22H26INO4Si. The highest BCUT2D eigenvalue weighted by Crippen LogP contribution is 2.33. The third-order valence-corrected chi connectivity index (χ3v) is 8.47. The van der Waals surface area contributed by atoms with Crippen LogP contribution in [0, 0.1) is 3.57 Å². The third-order valence-electron chi connectivity index (χ3n) is 4.92. The molecule has 1 heterocycles. The maximum Gasteiger partial charge on any atom is 0.258 e. The SMILES string of the molecule is COc1ccc(Cn2c([Si](C)(C)C)c(I)c3cc(OC)c(OC)cc3c2=O)cc1. The number of hydrogen-bond donors (Lipinski definition) is 0. The minimum absolute atomic E-state index is 0.00499. The average Bonchev–Trinajstić information content (AvgIpc) is 2.70. The summed E-state index contributed by atoms with van der Waals surface area (Å²) in [6.45, 7) is 7.31. The van der Waals surface area contributed by atoms with Crippen molar-refractivity contribution in [2.24, 2.45) is 0 Å². The Labute approximate surface area is 185 Å². The summed E-state index contributed by atoms with van der Waals surface area (Å²) in [7, 11) is 3.01. The van der Waals surface area contributed by atoms with Gasteiger partial charge in [-0.3, -0.25) is 4.79 Å². The van der Waals surface area contributed by atoms with Gasteiger partial charge in [-0.1, -0.05) is 31.8 Å². The molecule has 29 heavy (non-hydrogen) atoms. The summed E-state index contributed by atoms with van der Waals surface area (Å²) in [6.07, 6.45) is 0. The first-order valence-corrected chi connectivity index (χ1v) is 13.9. The molecule has 0 aliphatic rings. The molecule has 0 atom stereocenters. The van der Waals surface area contributed by atoms with Crippen LogP contribution in [-0.4, -0.2) is 34.0 Å². The van der Waals surface area contributed by atoms with Crippen LogP contribution in [0.5, 0.6) is 17.2 Å². The molecule has 0 saturated heterocycles. The zero-order valence-corrected chi connectivity index (χ0v) is 20.8. The van der Waals surface area contributed by atoms with Gasteiger partial charge in [0.2, 0.25) is 0 Å². The smallest absolute Gasteiger partial charge is 0.258 e. The Kier molecular flexibility index (Phi) is 6.28. The number of halogens is 1. The summed E-state index contributed by atoms with van der Waals surface area (Å²) in [6, 6.07) is 11.6. The number of pyridine rings is 1. The van der Waals surface area contributed by atoms with Crippen molar-refractivity contribution in [3.8, 4) is 17.2 Å². The molecule has 0 fully saturated rings. The van der Waals surface area contributed by atoms with Gasteiger partial charge in [0.25, 0.3) is 5.56 Å². The van der Waals surface area contributed by atoms with Gasteiger partial charge >= 0.3 is 0 Å². The standard InChI is InChI=1S/C22H26INO4Si/c1-26-15-9-7-14(8-10-15)13-24-21(25)17-12-19(28-3)18(27-2)11-16(17)20(23)22(24)29(4,5)6/h7-12H,13H2,1-6H3. The quantitative estimate of drug-likeness (QED) is 0.359. The predicted octanol–water partition coefficient (Wildman–Crippen LogP) is 4.23. The van der Waals surface area contributed by atoms with Crippen LogP contribution in [0.2, 0.25) is 19.6 Å². The first-order chi connectivity index (χ1) is 13.7. The lowest BCUT2D eigenvalue weighted by molar-refractivity contribution is 0.356. The number of fused-ring (bicyclic) bond motifs is 1. The number of nitrogens with zero attached hydrogens (tertiary/aromatic N) is 1. The van der Waals surface area contributed by atoms with Crippen LogP contribution in [0.1, 0.15) is 5.56 Å². The molecule has 3 rings (SSSR count). The average molecular weight is 523 g/mol. The fraction of sp³-hybridized carbons (Fsp3) is 0.318. The zero-order valence-electron chi connectivity index (χ0n) is 17.6.